The van der Waals surface area contributed by atoms with Crippen LogP contribution in [0.3, 0.4) is 0 Å². The van der Waals surface area contributed by atoms with Crippen LogP contribution in [0.5, 0.6) is 0 Å². The van der Waals surface area contributed by atoms with Gasteiger partial charge in [-0.3, -0.25) is 0 Å². The number of halogens is 2. The Labute approximate surface area is 120 Å². The zero-order valence-corrected chi connectivity index (χ0v) is 12.8. The highest BCUT2D eigenvalue weighted by Gasteiger charge is 2.50. The second-order valence-electron chi connectivity index (χ2n) is 5.90. The summed E-state index contributed by atoms with van der Waals surface area (Å²) in [6, 6.07) is 6.18. The average Bonchev–Trinajstić information content (AvgIpc) is 2.91. The predicted octanol–water partition coefficient (Wildman–Crippen LogP) is 5.08. The highest BCUT2D eigenvalue weighted by molar-refractivity contribution is 6.35. The van der Waals surface area contributed by atoms with Crippen molar-refractivity contribution in [1.29, 1.82) is 0 Å². The maximum atomic E-state index is 6.34. The van der Waals surface area contributed by atoms with Crippen molar-refractivity contribution in [3.8, 4) is 0 Å². The number of rotatable bonds is 5. The van der Waals surface area contributed by atoms with Gasteiger partial charge in [-0.1, -0.05) is 50.0 Å². The normalized spacial score (nSPS) is 22.8. The first kappa shape index (κ1) is 14.2. The molecule has 1 nitrogen and oxygen atoms in total. The molecule has 3 heteroatoms. The summed E-state index contributed by atoms with van der Waals surface area (Å²) in [5, 5.41) is 5.11. The molecule has 18 heavy (non-hydrogen) atoms. The van der Waals surface area contributed by atoms with Gasteiger partial charge < -0.3 is 5.32 Å². The first-order chi connectivity index (χ1) is 8.45. The van der Waals surface area contributed by atoms with Gasteiger partial charge in [0.25, 0.3) is 0 Å². The van der Waals surface area contributed by atoms with E-state index in [0.29, 0.717) is 22.4 Å². The smallest absolute Gasteiger partial charge is 0.0468 e. The van der Waals surface area contributed by atoms with Gasteiger partial charge in [0.2, 0.25) is 0 Å². The molecule has 0 radical (unpaired) electrons. The summed E-state index contributed by atoms with van der Waals surface area (Å²) in [6.07, 6.45) is 2.39. The van der Waals surface area contributed by atoms with Crippen LogP contribution in [-0.4, -0.2) is 6.54 Å². The Morgan fingerprint density at radius 1 is 1.39 bits per heavy atom. The van der Waals surface area contributed by atoms with E-state index in [2.05, 4.69) is 32.2 Å². The Kier molecular flexibility index (Phi) is 4.25. The molecular formula is C15H21Cl2N. The van der Waals surface area contributed by atoms with Crippen LogP contribution in [-0.2, 0) is 0 Å². The Balaban J connectivity index is 2.23. The molecule has 100 valence electrons. The third-order valence-corrected chi connectivity index (χ3v) is 4.47. The van der Waals surface area contributed by atoms with Crippen LogP contribution in [0.15, 0.2) is 18.2 Å². The highest BCUT2D eigenvalue weighted by Crippen LogP contribution is 2.58. The van der Waals surface area contributed by atoms with Gasteiger partial charge in [-0.2, -0.15) is 0 Å². The van der Waals surface area contributed by atoms with Gasteiger partial charge in [-0.05, 0) is 48.4 Å². The maximum Gasteiger partial charge on any atom is 0.0468 e. The molecule has 0 aliphatic heterocycles. The molecule has 0 saturated heterocycles. The van der Waals surface area contributed by atoms with E-state index in [1.807, 2.05) is 12.1 Å². The summed E-state index contributed by atoms with van der Waals surface area (Å²) in [4.78, 5) is 0. The second-order valence-corrected chi connectivity index (χ2v) is 6.74. The minimum Gasteiger partial charge on any atom is -0.310 e. The summed E-state index contributed by atoms with van der Waals surface area (Å²) < 4.78 is 0. The molecule has 2 unspecified atom stereocenters. The van der Waals surface area contributed by atoms with E-state index in [1.54, 1.807) is 0 Å². The summed E-state index contributed by atoms with van der Waals surface area (Å²) in [7, 11) is 0. The van der Waals surface area contributed by atoms with Crippen LogP contribution >= 0.6 is 23.2 Å². The molecule has 2 rings (SSSR count). The number of nitrogens with one attached hydrogen (secondary N) is 1. The number of benzene rings is 1. The molecule has 1 aliphatic carbocycles. The van der Waals surface area contributed by atoms with E-state index in [4.69, 9.17) is 23.2 Å². The average molecular weight is 286 g/mol. The molecule has 1 N–H and O–H groups in total. The minimum atomic E-state index is 0.352. The van der Waals surface area contributed by atoms with Gasteiger partial charge in [-0.25, -0.2) is 0 Å². The SMILES string of the molecule is CCCNC(c1ccc(Cl)cc1Cl)C1CC1(C)C. The lowest BCUT2D eigenvalue weighted by atomic mass is 9.97. The second kappa shape index (κ2) is 5.40. The zero-order chi connectivity index (χ0) is 13.3. The van der Waals surface area contributed by atoms with Crippen molar-refractivity contribution in [2.45, 2.75) is 39.7 Å². The van der Waals surface area contributed by atoms with Crippen LogP contribution in [0.1, 0.15) is 45.2 Å². The van der Waals surface area contributed by atoms with Crippen molar-refractivity contribution < 1.29 is 0 Å². The fourth-order valence-electron chi connectivity index (χ4n) is 2.60. The lowest BCUT2D eigenvalue weighted by Crippen LogP contribution is -2.25. The van der Waals surface area contributed by atoms with Gasteiger partial charge in [0.1, 0.15) is 0 Å². The van der Waals surface area contributed by atoms with Gasteiger partial charge in [-0.15, -0.1) is 0 Å². The van der Waals surface area contributed by atoms with Gasteiger partial charge >= 0.3 is 0 Å². The topological polar surface area (TPSA) is 12.0 Å². The van der Waals surface area contributed by atoms with E-state index < -0.39 is 0 Å². The summed E-state index contributed by atoms with van der Waals surface area (Å²) in [5.41, 5.74) is 1.61. The van der Waals surface area contributed by atoms with Crippen LogP contribution in [0.2, 0.25) is 10.0 Å². The monoisotopic (exact) mass is 285 g/mol. The van der Waals surface area contributed by atoms with Crippen LogP contribution in [0, 0.1) is 11.3 Å². The molecule has 0 heterocycles. The van der Waals surface area contributed by atoms with E-state index >= 15 is 0 Å². The maximum absolute atomic E-state index is 6.34. The van der Waals surface area contributed by atoms with E-state index in [9.17, 15) is 0 Å². The van der Waals surface area contributed by atoms with E-state index in [-0.39, 0.29) is 0 Å². The summed E-state index contributed by atoms with van der Waals surface area (Å²) in [5.74, 6) is 0.669. The molecule has 1 saturated carbocycles. The van der Waals surface area contributed by atoms with Crippen molar-refractivity contribution in [3.63, 3.8) is 0 Å². The van der Waals surface area contributed by atoms with Crippen molar-refractivity contribution >= 4 is 23.2 Å². The van der Waals surface area contributed by atoms with Crippen molar-refractivity contribution in [1.82, 2.24) is 5.32 Å². The fourth-order valence-corrected chi connectivity index (χ4v) is 3.13. The first-order valence-corrected chi connectivity index (χ1v) is 7.39. The van der Waals surface area contributed by atoms with Gasteiger partial charge in [0.05, 0.1) is 0 Å². The Hall–Kier alpha value is -0.240. The lowest BCUT2D eigenvalue weighted by Gasteiger charge is -2.22. The minimum absolute atomic E-state index is 0.352. The fraction of sp³-hybridized carbons (Fsp3) is 0.600. The van der Waals surface area contributed by atoms with E-state index in [1.165, 1.54) is 12.0 Å². The number of hydrogen-bond donors (Lipinski definition) is 1. The molecule has 1 aliphatic rings. The first-order valence-electron chi connectivity index (χ1n) is 6.64. The third-order valence-electron chi connectivity index (χ3n) is 3.90. The zero-order valence-electron chi connectivity index (χ0n) is 11.3. The van der Waals surface area contributed by atoms with E-state index in [0.717, 1.165) is 18.0 Å². The quantitative estimate of drug-likeness (QED) is 0.796. The Morgan fingerprint density at radius 3 is 2.56 bits per heavy atom. The summed E-state index contributed by atoms with van der Waals surface area (Å²) >= 11 is 12.3. The molecule has 0 bridgehead atoms. The summed E-state index contributed by atoms with van der Waals surface area (Å²) in [6.45, 7) is 7.85. The molecule has 1 aromatic carbocycles. The van der Waals surface area contributed by atoms with Gasteiger partial charge in [0.15, 0.2) is 0 Å². The Morgan fingerprint density at radius 2 is 2.06 bits per heavy atom. The molecule has 0 aromatic heterocycles. The van der Waals surface area contributed by atoms with Crippen LogP contribution < -0.4 is 5.32 Å². The van der Waals surface area contributed by atoms with Crippen LogP contribution in [0.25, 0.3) is 0 Å². The van der Waals surface area contributed by atoms with Crippen molar-refractivity contribution in [2.24, 2.45) is 11.3 Å². The van der Waals surface area contributed by atoms with Gasteiger partial charge in [0, 0.05) is 16.1 Å². The third kappa shape index (κ3) is 3.01. The Bertz CT molecular complexity index is 429. The number of hydrogen-bond acceptors (Lipinski definition) is 1. The standard InChI is InChI=1S/C15H21Cl2N/c1-4-7-18-14(12-9-15(12,2)3)11-6-5-10(16)8-13(11)17/h5-6,8,12,14,18H,4,7,9H2,1-3H3. The molecule has 2 atom stereocenters. The molecule has 1 fully saturated rings. The highest BCUT2D eigenvalue weighted by atomic mass is 35.5. The van der Waals surface area contributed by atoms with Crippen molar-refractivity contribution in [3.05, 3.63) is 33.8 Å². The molecule has 0 amide bonds. The van der Waals surface area contributed by atoms with Crippen molar-refractivity contribution in [2.75, 3.05) is 6.54 Å². The lowest BCUT2D eigenvalue weighted by molar-refractivity contribution is 0.416. The molecule has 1 aromatic rings. The molecule has 0 spiro atoms. The predicted molar refractivity (Wildman–Crippen MR) is 79.4 cm³/mol. The molecular weight excluding hydrogens is 265 g/mol. The largest absolute Gasteiger partial charge is 0.310 e. The van der Waals surface area contributed by atoms with Crippen LogP contribution in [0.4, 0.5) is 0 Å².